The molecule has 12 heteroatoms. The Bertz CT molecular complexity index is 1240. The Hall–Kier alpha value is -2.80. The molecule has 1 N–H and O–H groups in total. The van der Waals surface area contributed by atoms with Crippen molar-refractivity contribution in [2.24, 2.45) is 0 Å². The van der Waals surface area contributed by atoms with Gasteiger partial charge in [-0.3, -0.25) is 9.52 Å². The van der Waals surface area contributed by atoms with Gasteiger partial charge in [0.2, 0.25) is 25.8 Å². The summed E-state index contributed by atoms with van der Waals surface area (Å²) < 4.78 is 62.2. The Balaban J connectivity index is 1.69. The molecule has 1 fully saturated rings. The minimum Gasteiger partial charge on any atom is -0.451 e. The monoisotopic (exact) mass is 496 g/mol. The van der Waals surface area contributed by atoms with Gasteiger partial charge in [-0.25, -0.2) is 21.6 Å². The molecule has 1 heterocycles. The molecule has 1 saturated heterocycles. The van der Waals surface area contributed by atoms with Gasteiger partial charge in [0.1, 0.15) is 0 Å². The molecule has 33 heavy (non-hydrogen) atoms. The van der Waals surface area contributed by atoms with Gasteiger partial charge in [-0.1, -0.05) is 6.07 Å². The molecule has 1 aliphatic rings. The van der Waals surface area contributed by atoms with Crippen molar-refractivity contribution in [1.29, 1.82) is 0 Å². The zero-order valence-electron chi connectivity index (χ0n) is 18.1. The fraction of sp³-hybridized carbons (Fsp3) is 0.333. The Morgan fingerprint density at radius 3 is 2.24 bits per heavy atom. The first-order valence-electron chi connectivity index (χ1n) is 9.98. The predicted molar refractivity (Wildman–Crippen MR) is 120 cm³/mol. The summed E-state index contributed by atoms with van der Waals surface area (Å²) in [7, 11) is -7.24. The van der Waals surface area contributed by atoms with Crippen molar-refractivity contribution < 1.29 is 35.9 Å². The number of hydrogen-bond donors (Lipinski definition) is 1. The van der Waals surface area contributed by atoms with E-state index in [4.69, 9.17) is 9.47 Å². The van der Waals surface area contributed by atoms with E-state index in [2.05, 4.69) is 4.72 Å². The van der Waals surface area contributed by atoms with Gasteiger partial charge in [0.15, 0.2) is 6.10 Å². The van der Waals surface area contributed by atoms with Gasteiger partial charge in [0.05, 0.1) is 29.9 Å². The van der Waals surface area contributed by atoms with Gasteiger partial charge in [-0.15, -0.1) is 0 Å². The number of anilines is 1. The minimum atomic E-state index is -3.79. The van der Waals surface area contributed by atoms with E-state index in [0.717, 1.165) is 6.26 Å². The van der Waals surface area contributed by atoms with Gasteiger partial charge in [-0.2, -0.15) is 4.31 Å². The number of hydrogen-bond acceptors (Lipinski definition) is 8. The summed E-state index contributed by atoms with van der Waals surface area (Å²) >= 11 is 0. The summed E-state index contributed by atoms with van der Waals surface area (Å²) in [4.78, 5) is 25.1. The number of ketones is 1. The summed E-state index contributed by atoms with van der Waals surface area (Å²) in [6.07, 6.45) is -0.139. The molecule has 0 saturated carbocycles. The first kappa shape index (κ1) is 24.8. The van der Waals surface area contributed by atoms with E-state index in [1.807, 2.05) is 0 Å². The second kappa shape index (κ2) is 10.00. The molecule has 2 aromatic rings. The third kappa shape index (κ3) is 6.38. The molecule has 2 aromatic carbocycles. The Morgan fingerprint density at radius 1 is 1.00 bits per heavy atom. The average Bonchev–Trinajstić information content (AvgIpc) is 2.78. The van der Waals surface area contributed by atoms with Crippen LogP contribution in [0.25, 0.3) is 0 Å². The second-order valence-corrected chi connectivity index (χ2v) is 11.1. The van der Waals surface area contributed by atoms with Crippen molar-refractivity contribution in [3.63, 3.8) is 0 Å². The van der Waals surface area contributed by atoms with E-state index in [-0.39, 0.29) is 34.8 Å². The molecular weight excluding hydrogens is 472 g/mol. The zero-order chi connectivity index (χ0) is 24.2. The Morgan fingerprint density at radius 2 is 1.64 bits per heavy atom. The van der Waals surface area contributed by atoms with E-state index >= 15 is 0 Å². The third-order valence-corrected chi connectivity index (χ3v) is 7.30. The first-order chi connectivity index (χ1) is 15.5. The molecule has 0 unspecified atom stereocenters. The zero-order valence-corrected chi connectivity index (χ0v) is 19.7. The van der Waals surface area contributed by atoms with Crippen molar-refractivity contribution in [3.05, 3.63) is 59.7 Å². The number of ether oxygens (including phenoxy) is 2. The summed E-state index contributed by atoms with van der Waals surface area (Å²) in [5.41, 5.74) is 0.506. The highest BCUT2D eigenvalue weighted by molar-refractivity contribution is 7.92. The lowest BCUT2D eigenvalue weighted by Gasteiger charge is -2.26. The minimum absolute atomic E-state index is 0.00307. The van der Waals surface area contributed by atoms with Crippen LogP contribution in [-0.4, -0.2) is 71.6 Å². The second-order valence-electron chi connectivity index (χ2n) is 7.41. The van der Waals surface area contributed by atoms with Crippen LogP contribution in [0.2, 0.25) is 0 Å². The summed E-state index contributed by atoms with van der Waals surface area (Å²) in [5, 5.41) is 0. The normalized spacial score (nSPS) is 16.1. The van der Waals surface area contributed by atoms with Crippen LogP contribution < -0.4 is 4.72 Å². The van der Waals surface area contributed by atoms with Gasteiger partial charge < -0.3 is 9.47 Å². The maximum Gasteiger partial charge on any atom is 0.338 e. The van der Waals surface area contributed by atoms with Gasteiger partial charge >= 0.3 is 5.97 Å². The Labute approximate surface area is 192 Å². The van der Waals surface area contributed by atoms with Crippen molar-refractivity contribution >= 4 is 37.5 Å². The number of sulfonamides is 2. The number of rotatable bonds is 8. The predicted octanol–water partition coefficient (Wildman–Crippen LogP) is 1.51. The van der Waals surface area contributed by atoms with Gasteiger partial charge in [0.25, 0.3) is 0 Å². The number of carbonyl (C=O) groups is 2. The SMILES string of the molecule is C[C@@H](OC(=O)c1cccc(S(=O)(=O)N2CCOCC2)c1)C(=O)c1ccc(NS(C)(=O)=O)cc1. The molecule has 0 spiro atoms. The van der Waals surface area contributed by atoms with Crippen LogP contribution in [-0.2, 0) is 29.5 Å². The quantitative estimate of drug-likeness (QED) is 0.429. The van der Waals surface area contributed by atoms with Crippen LogP contribution in [0.3, 0.4) is 0 Å². The molecule has 10 nitrogen and oxygen atoms in total. The smallest absolute Gasteiger partial charge is 0.338 e. The number of benzene rings is 2. The van der Waals surface area contributed by atoms with Gasteiger partial charge in [-0.05, 0) is 49.4 Å². The lowest BCUT2D eigenvalue weighted by molar-refractivity contribution is 0.0318. The lowest BCUT2D eigenvalue weighted by atomic mass is 10.1. The molecule has 0 amide bonds. The average molecular weight is 497 g/mol. The molecule has 178 valence electrons. The van der Waals surface area contributed by atoms with E-state index in [1.54, 1.807) is 0 Å². The summed E-state index contributed by atoms with van der Waals surface area (Å²) in [6, 6.07) is 11.1. The molecule has 3 rings (SSSR count). The number of carbonyl (C=O) groups excluding carboxylic acids is 2. The van der Waals surface area contributed by atoms with Crippen molar-refractivity contribution in [2.75, 3.05) is 37.3 Å². The summed E-state index contributed by atoms with van der Waals surface area (Å²) in [6.45, 7) is 2.44. The molecule has 0 aliphatic carbocycles. The molecule has 1 aliphatic heterocycles. The van der Waals surface area contributed by atoms with Crippen LogP contribution >= 0.6 is 0 Å². The van der Waals surface area contributed by atoms with Crippen LogP contribution in [0, 0.1) is 0 Å². The molecule has 0 bridgehead atoms. The van der Waals surface area contributed by atoms with Crippen LogP contribution in [0.15, 0.2) is 53.4 Å². The number of nitrogens with one attached hydrogen (secondary N) is 1. The van der Waals surface area contributed by atoms with E-state index in [9.17, 15) is 26.4 Å². The highest BCUT2D eigenvalue weighted by Gasteiger charge is 2.27. The van der Waals surface area contributed by atoms with E-state index < -0.39 is 37.9 Å². The van der Waals surface area contributed by atoms with Crippen molar-refractivity contribution in [1.82, 2.24) is 4.31 Å². The number of morpholine rings is 1. The van der Waals surface area contributed by atoms with Crippen molar-refractivity contribution in [3.8, 4) is 0 Å². The van der Waals surface area contributed by atoms with Crippen molar-refractivity contribution in [2.45, 2.75) is 17.9 Å². The fourth-order valence-corrected chi connectivity index (χ4v) is 5.17. The molecule has 0 radical (unpaired) electrons. The van der Waals surface area contributed by atoms with Crippen LogP contribution in [0.4, 0.5) is 5.69 Å². The van der Waals surface area contributed by atoms with Crippen LogP contribution in [0.1, 0.15) is 27.6 Å². The highest BCUT2D eigenvalue weighted by atomic mass is 32.2. The third-order valence-electron chi connectivity index (χ3n) is 4.80. The lowest BCUT2D eigenvalue weighted by Crippen LogP contribution is -2.40. The summed E-state index contributed by atoms with van der Waals surface area (Å²) in [5.74, 6) is -1.34. The topological polar surface area (TPSA) is 136 Å². The van der Waals surface area contributed by atoms with Gasteiger partial charge in [0, 0.05) is 24.3 Å². The molecule has 0 aromatic heterocycles. The first-order valence-corrected chi connectivity index (χ1v) is 13.3. The number of nitrogens with zero attached hydrogens (tertiary/aromatic N) is 1. The Kier molecular flexibility index (Phi) is 7.52. The van der Waals surface area contributed by atoms with E-state index in [1.165, 1.54) is 59.8 Å². The number of esters is 1. The fourth-order valence-electron chi connectivity index (χ4n) is 3.15. The molecule has 1 atom stereocenters. The standard InChI is InChI=1S/C21H24N2O8S2/c1-15(20(24)16-6-8-18(9-7-16)22-32(2,26)27)31-21(25)17-4-3-5-19(14-17)33(28,29)23-10-12-30-13-11-23/h3-9,14-15,22H,10-13H2,1-2H3/t15-/m1/s1. The van der Waals surface area contributed by atoms with Crippen LogP contribution in [0.5, 0.6) is 0 Å². The maximum absolute atomic E-state index is 12.8. The number of Topliss-reactive ketones (excluding diaryl/α,β-unsaturated/α-hetero) is 1. The molecular formula is C21H24N2O8S2. The maximum atomic E-state index is 12.8. The highest BCUT2D eigenvalue weighted by Crippen LogP contribution is 2.20. The largest absolute Gasteiger partial charge is 0.451 e. The van der Waals surface area contributed by atoms with E-state index in [0.29, 0.717) is 13.2 Å².